The lowest BCUT2D eigenvalue weighted by molar-refractivity contribution is -0.141. The molecule has 1 aromatic carbocycles. The molecule has 3 N–H and O–H groups in total. The number of aryl methyl sites for hydroxylation is 1. The van der Waals surface area contributed by atoms with E-state index >= 15 is 0 Å². The standard InChI is InChI=1S/C31H44N4O7S/c1-30(2,3)42-29(39)32-24-16-11-6-4-5-10-15-23-21-31(23,33-26(36)25-17-12-19-35(25)27(24)37)28(38)34-43(40,41)20-18-22-13-8-7-9-14-22/h7-10,13-15,23-25H,4-6,11-12,16-21H2,1-3H3,(H,32,39)(H,33,36)(H,34,38)/b15-10-/t23-,24-,25-,31+/m0/s1. The molecule has 12 heteroatoms. The molecule has 0 unspecified atom stereocenters. The topological polar surface area (TPSA) is 151 Å². The number of rotatable bonds is 6. The fourth-order valence-electron chi connectivity index (χ4n) is 5.72. The number of ether oxygens (including phenoxy) is 1. The summed E-state index contributed by atoms with van der Waals surface area (Å²) in [4.78, 5) is 54.9. The van der Waals surface area contributed by atoms with Crippen molar-refractivity contribution in [2.75, 3.05) is 12.3 Å². The summed E-state index contributed by atoms with van der Waals surface area (Å²) in [5.41, 5.74) is -1.32. The van der Waals surface area contributed by atoms with Gasteiger partial charge < -0.3 is 20.3 Å². The lowest BCUT2D eigenvalue weighted by Gasteiger charge is -2.30. The van der Waals surface area contributed by atoms with Crippen LogP contribution in [0, 0.1) is 5.92 Å². The molecule has 43 heavy (non-hydrogen) atoms. The molecule has 3 aliphatic rings. The van der Waals surface area contributed by atoms with Crippen LogP contribution in [0.1, 0.15) is 77.7 Å². The van der Waals surface area contributed by atoms with Gasteiger partial charge in [0.15, 0.2) is 0 Å². The highest BCUT2D eigenvalue weighted by Crippen LogP contribution is 2.45. The van der Waals surface area contributed by atoms with Crippen LogP contribution in [0.4, 0.5) is 4.79 Å². The van der Waals surface area contributed by atoms with Crippen molar-refractivity contribution in [2.24, 2.45) is 5.92 Å². The van der Waals surface area contributed by atoms with Gasteiger partial charge >= 0.3 is 6.09 Å². The van der Waals surface area contributed by atoms with Gasteiger partial charge in [-0.15, -0.1) is 0 Å². The zero-order chi connectivity index (χ0) is 31.3. The monoisotopic (exact) mass is 616 g/mol. The molecule has 1 saturated carbocycles. The summed E-state index contributed by atoms with van der Waals surface area (Å²) < 4.78 is 33.3. The van der Waals surface area contributed by atoms with Gasteiger partial charge in [0.1, 0.15) is 23.2 Å². The lowest BCUT2D eigenvalue weighted by atomic mass is 10.0. The van der Waals surface area contributed by atoms with E-state index in [-0.39, 0.29) is 30.4 Å². The Kier molecular flexibility index (Phi) is 10.2. The molecule has 0 radical (unpaired) electrons. The van der Waals surface area contributed by atoms with Crippen LogP contribution < -0.4 is 15.4 Å². The normalized spacial score (nSPS) is 27.4. The number of fused-ring (bicyclic) bond motifs is 2. The van der Waals surface area contributed by atoms with Crippen molar-refractivity contribution in [2.45, 2.75) is 102 Å². The summed E-state index contributed by atoms with van der Waals surface area (Å²) in [6, 6.07) is 7.42. The Bertz CT molecular complexity index is 1330. The molecule has 11 nitrogen and oxygen atoms in total. The molecule has 1 saturated heterocycles. The SMILES string of the molecule is CC(C)(C)OC(=O)N[C@H]1CCCCC/C=C\[C@H]2C[C@@]2(C(=O)NS(=O)(=O)CCc2ccccc2)NC(=O)[C@@H]2CCCN2C1=O. The summed E-state index contributed by atoms with van der Waals surface area (Å²) >= 11 is 0. The van der Waals surface area contributed by atoms with Crippen molar-refractivity contribution < 1.29 is 32.3 Å². The Hall–Kier alpha value is -3.41. The number of hydrogen-bond donors (Lipinski definition) is 3. The first-order valence-corrected chi connectivity index (χ1v) is 16.8. The van der Waals surface area contributed by atoms with Crippen LogP contribution in [-0.4, -0.2) is 72.7 Å². The molecule has 0 bridgehead atoms. The molecule has 4 atom stereocenters. The average molecular weight is 617 g/mol. The number of carbonyl (C=O) groups is 4. The summed E-state index contributed by atoms with van der Waals surface area (Å²) in [6.07, 6.45) is 8.10. The van der Waals surface area contributed by atoms with Gasteiger partial charge in [-0.3, -0.25) is 19.1 Å². The van der Waals surface area contributed by atoms with E-state index in [2.05, 4.69) is 15.4 Å². The second-order valence-corrected chi connectivity index (χ2v) is 14.6. The van der Waals surface area contributed by atoms with Crippen molar-refractivity contribution in [1.82, 2.24) is 20.3 Å². The minimum atomic E-state index is -3.97. The maximum Gasteiger partial charge on any atom is 0.408 e. The number of nitrogens with one attached hydrogen (secondary N) is 3. The predicted octanol–water partition coefficient (Wildman–Crippen LogP) is 2.95. The van der Waals surface area contributed by atoms with Crippen molar-refractivity contribution >= 4 is 33.8 Å². The van der Waals surface area contributed by atoms with Crippen LogP contribution in [-0.2, 0) is 35.6 Å². The molecule has 2 aliphatic heterocycles. The fraction of sp³-hybridized carbons (Fsp3) is 0.613. The van der Waals surface area contributed by atoms with E-state index in [1.807, 2.05) is 42.5 Å². The number of benzene rings is 1. The number of amides is 4. The van der Waals surface area contributed by atoms with E-state index in [4.69, 9.17) is 4.74 Å². The zero-order valence-electron chi connectivity index (χ0n) is 25.3. The van der Waals surface area contributed by atoms with E-state index in [1.165, 1.54) is 4.90 Å². The molecule has 2 fully saturated rings. The number of carbonyl (C=O) groups excluding carboxylic acids is 4. The Morgan fingerprint density at radius 3 is 2.53 bits per heavy atom. The number of nitrogens with zero attached hydrogens (tertiary/aromatic N) is 1. The smallest absolute Gasteiger partial charge is 0.408 e. The first-order valence-electron chi connectivity index (χ1n) is 15.2. The summed E-state index contributed by atoms with van der Waals surface area (Å²) in [7, 11) is -3.97. The number of allylic oxidation sites excluding steroid dienone is 1. The third-order valence-electron chi connectivity index (χ3n) is 8.08. The molecule has 236 valence electrons. The van der Waals surface area contributed by atoms with Crippen LogP contribution in [0.5, 0.6) is 0 Å². The van der Waals surface area contributed by atoms with E-state index in [1.54, 1.807) is 20.8 Å². The molecule has 0 aromatic heterocycles. The largest absolute Gasteiger partial charge is 0.444 e. The van der Waals surface area contributed by atoms with Crippen molar-refractivity contribution in [3.8, 4) is 0 Å². The molecule has 0 spiro atoms. The molecule has 1 aliphatic carbocycles. The molecule has 4 rings (SSSR count). The second kappa shape index (κ2) is 13.5. The van der Waals surface area contributed by atoms with Gasteiger partial charge in [-0.05, 0) is 71.3 Å². The summed E-state index contributed by atoms with van der Waals surface area (Å²) in [5.74, 6) is -2.29. The van der Waals surface area contributed by atoms with Gasteiger partial charge in [0.2, 0.25) is 21.8 Å². The van der Waals surface area contributed by atoms with Gasteiger partial charge in [-0.1, -0.05) is 55.3 Å². The highest BCUT2D eigenvalue weighted by atomic mass is 32.2. The van der Waals surface area contributed by atoms with Gasteiger partial charge in [-0.25, -0.2) is 13.2 Å². The molecule has 1 aromatic rings. The van der Waals surface area contributed by atoms with Gasteiger partial charge in [0, 0.05) is 12.5 Å². The molecular weight excluding hydrogens is 572 g/mol. The van der Waals surface area contributed by atoms with Crippen LogP contribution in [0.25, 0.3) is 0 Å². The highest BCUT2D eigenvalue weighted by Gasteiger charge is 2.61. The minimum absolute atomic E-state index is 0.240. The maximum atomic E-state index is 13.7. The molecule has 4 amide bonds. The Balaban J connectivity index is 1.50. The molecular formula is C31H44N4O7S. The van der Waals surface area contributed by atoms with Crippen molar-refractivity contribution in [1.29, 1.82) is 0 Å². The first kappa shape index (κ1) is 32.5. The zero-order valence-corrected chi connectivity index (χ0v) is 26.1. The Morgan fingerprint density at radius 2 is 1.81 bits per heavy atom. The molecule has 2 heterocycles. The van der Waals surface area contributed by atoms with Crippen LogP contribution in [0.3, 0.4) is 0 Å². The quantitative estimate of drug-likeness (QED) is 0.416. The van der Waals surface area contributed by atoms with E-state index in [9.17, 15) is 27.6 Å². The van der Waals surface area contributed by atoms with Gasteiger partial charge in [-0.2, -0.15) is 0 Å². The van der Waals surface area contributed by atoms with Crippen LogP contribution >= 0.6 is 0 Å². The minimum Gasteiger partial charge on any atom is -0.444 e. The number of hydrogen-bond acceptors (Lipinski definition) is 7. The van der Waals surface area contributed by atoms with Crippen LogP contribution in [0.2, 0.25) is 0 Å². The van der Waals surface area contributed by atoms with Crippen molar-refractivity contribution in [3.63, 3.8) is 0 Å². The van der Waals surface area contributed by atoms with Crippen LogP contribution in [0.15, 0.2) is 42.5 Å². The fourth-order valence-corrected chi connectivity index (χ4v) is 6.79. The summed E-state index contributed by atoms with van der Waals surface area (Å²) in [5, 5.41) is 5.55. The Labute approximate surface area is 254 Å². The number of alkyl carbamates (subject to hydrolysis) is 1. The van der Waals surface area contributed by atoms with Gasteiger partial charge in [0.25, 0.3) is 5.91 Å². The maximum absolute atomic E-state index is 13.7. The predicted molar refractivity (Wildman–Crippen MR) is 161 cm³/mol. The van der Waals surface area contributed by atoms with E-state index in [0.29, 0.717) is 32.2 Å². The highest BCUT2D eigenvalue weighted by molar-refractivity contribution is 7.90. The lowest BCUT2D eigenvalue weighted by Crippen LogP contribution is -2.58. The van der Waals surface area contributed by atoms with E-state index in [0.717, 1.165) is 24.8 Å². The third kappa shape index (κ3) is 8.81. The summed E-state index contributed by atoms with van der Waals surface area (Å²) in [6.45, 7) is 5.56. The van der Waals surface area contributed by atoms with E-state index < -0.39 is 51.2 Å². The third-order valence-corrected chi connectivity index (χ3v) is 9.31. The first-order chi connectivity index (χ1) is 20.3. The Morgan fingerprint density at radius 1 is 1.07 bits per heavy atom. The second-order valence-electron chi connectivity index (χ2n) is 12.7. The van der Waals surface area contributed by atoms with Gasteiger partial charge in [0.05, 0.1) is 5.75 Å². The van der Waals surface area contributed by atoms with Crippen molar-refractivity contribution in [3.05, 3.63) is 48.0 Å². The number of sulfonamides is 1. The average Bonchev–Trinajstić information content (AvgIpc) is 3.39.